The SMILES string of the molecule is CC1(C)[C@H]2CC[C@]1(C)NC(=O)C2. The molecule has 2 heteroatoms. The van der Waals surface area contributed by atoms with Gasteiger partial charge in [0.25, 0.3) is 0 Å². The fraction of sp³-hybridized carbons (Fsp3) is 0.900. The number of carbonyl (C=O) groups is 1. The van der Waals surface area contributed by atoms with Gasteiger partial charge < -0.3 is 5.32 Å². The number of amides is 1. The lowest BCUT2D eigenvalue weighted by molar-refractivity contribution is -0.129. The predicted molar refractivity (Wildman–Crippen MR) is 47.7 cm³/mol. The van der Waals surface area contributed by atoms with Gasteiger partial charge in [0.1, 0.15) is 0 Å². The van der Waals surface area contributed by atoms with Crippen molar-refractivity contribution in [3.8, 4) is 0 Å². The van der Waals surface area contributed by atoms with E-state index >= 15 is 0 Å². The van der Waals surface area contributed by atoms with Gasteiger partial charge in [0, 0.05) is 12.0 Å². The summed E-state index contributed by atoms with van der Waals surface area (Å²) in [5.74, 6) is 0.857. The van der Waals surface area contributed by atoms with E-state index in [1.807, 2.05) is 0 Å². The van der Waals surface area contributed by atoms with Crippen molar-refractivity contribution in [3.05, 3.63) is 0 Å². The summed E-state index contributed by atoms with van der Waals surface area (Å²) in [5, 5.41) is 3.14. The quantitative estimate of drug-likeness (QED) is 0.584. The number of piperidine rings is 1. The molecule has 2 fully saturated rings. The topological polar surface area (TPSA) is 29.1 Å². The van der Waals surface area contributed by atoms with Crippen molar-refractivity contribution in [1.29, 1.82) is 0 Å². The summed E-state index contributed by atoms with van der Waals surface area (Å²) in [5.41, 5.74) is 0.355. The average Bonchev–Trinajstić information content (AvgIpc) is 2.16. The van der Waals surface area contributed by atoms with Gasteiger partial charge in [0.15, 0.2) is 0 Å². The van der Waals surface area contributed by atoms with Crippen molar-refractivity contribution in [1.82, 2.24) is 5.32 Å². The van der Waals surface area contributed by atoms with Gasteiger partial charge in [-0.15, -0.1) is 0 Å². The molecule has 0 radical (unpaired) electrons. The van der Waals surface area contributed by atoms with Gasteiger partial charge in [-0.3, -0.25) is 4.79 Å². The van der Waals surface area contributed by atoms with Crippen molar-refractivity contribution in [2.24, 2.45) is 11.3 Å². The Bertz CT molecular complexity index is 234. The third-order valence-corrected chi connectivity index (χ3v) is 4.28. The van der Waals surface area contributed by atoms with Crippen LogP contribution in [0, 0.1) is 11.3 Å². The summed E-state index contributed by atoms with van der Waals surface area (Å²) < 4.78 is 0. The number of carbonyl (C=O) groups excluding carboxylic acids is 1. The zero-order chi connectivity index (χ0) is 8.98. The van der Waals surface area contributed by atoms with Gasteiger partial charge in [-0.05, 0) is 31.1 Å². The molecule has 2 nitrogen and oxygen atoms in total. The van der Waals surface area contributed by atoms with E-state index in [0.717, 1.165) is 12.8 Å². The molecule has 1 amide bonds. The second-order valence-electron chi connectivity index (χ2n) is 5.04. The molecular formula is C10H17NO. The number of rotatable bonds is 0. The molecule has 2 bridgehead atoms. The number of fused-ring (bicyclic) bond motifs is 2. The van der Waals surface area contributed by atoms with Gasteiger partial charge >= 0.3 is 0 Å². The van der Waals surface area contributed by atoms with Crippen LogP contribution in [-0.4, -0.2) is 11.4 Å². The number of nitrogens with one attached hydrogen (secondary N) is 1. The van der Waals surface area contributed by atoms with Gasteiger partial charge in [-0.25, -0.2) is 0 Å². The van der Waals surface area contributed by atoms with Crippen LogP contribution in [0.4, 0.5) is 0 Å². The maximum absolute atomic E-state index is 11.3. The fourth-order valence-electron chi connectivity index (χ4n) is 2.76. The molecule has 2 aliphatic rings. The van der Waals surface area contributed by atoms with Gasteiger partial charge in [0.05, 0.1) is 0 Å². The molecule has 0 spiro atoms. The lowest BCUT2D eigenvalue weighted by atomic mass is 9.68. The monoisotopic (exact) mass is 167 g/mol. The van der Waals surface area contributed by atoms with Crippen LogP contribution >= 0.6 is 0 Å². The van der Waals surface area contributed by atoms with Gasteiger partial charge in [-0.1, -0.05) is 13.8 Å². The van der Waals surface area contributed by atoms with Gasteiger partial charge in [-0.2, -0.15) is 0 Å². The van der Waals surface area contributed by atoms with E-state index < -0.39 is 0 Å². The van der Waals surface area contributed by atoms with E-state index in [2.05, 4.69) is 26.1 Å². The lowest BCUT2D eigenvalue weighted by Crippen LogP contribution is -2.58. The summed E-state index contributed by atoms with van der Waals surface area (Å²) in [6, 6.07) is 0. The van der Waals surface area contributed by atoms with E-state index in [1.165, 1.54) is 6.42 Å². The molecule has 2 atom stereocenters. The Morgan fingerprint density at radius 3 is 2.67 bits per heavy atom. The summed E-state index contributed by atoms with van der Waals surface area (Å²) in [6.45, 7) is 6.75. The van der Waals surface area contributed by atoms with Crippen molar-refractivity contribution in [2.75, 3.05) is 0 Å². The number of hydrogen-bond acceptors (Lipinski definition) is 1. The molecule has 1 aliphatic heterocycles. The Labute approximate surface area is 73.7 Å². The predicted octanol–water partition coefficient (Wildman–Crippen LogP) is 1.70. The van der Waals surface area contributed by atoms with Crippen molar-refractivity contribution in [2.45, 2.75) is 45.6 Å². The summed E-state index contributed by atoms with van der Waals surface area (Å²) in [6.07, 6.45) is 3.10. The molecule has 0 aromatic rings. The van der Waals surface area contributed by atoms with Crippen LogP contribution in [0.5, 0.6) is 0 Å². The summed E-state index contributed by atoms with van der Waals surface area (Å²) in [7, 11) is 0. The molecule has 12 heavy (non-hydrogen) atoms. The zero-order valence-electron chi connectivity index (χ0n) is 8.11. The number of hydrogen-bond donors (Lipinski definition) is 1. The highest BCUT2D eigenvalue weighted by atomic mass is 16.1. The molecule has 0 aromatic heterocycles. The molecule has 1 aliphatic carbocycles. The third-order valence-electron chi connectivity index (χ3n) is 4.28. The first-order valence-electron chi connectivity index (χ1n) is 4.77. The minimum absolute atomic E-state index is 0.0625. The van der Waals surface area contributed by atoms with Crippen LogP contribution in [0.15, 0.2) is 0 Å². The van der Waals surface area contributed by atoms with Crippen LogP contribution in [0.2, 0.25) is 0 Å². The van der Waals surface area contributed by atoms with E-state index in [-0.39, 0.29) is 11.4 Å². The van der Waals surface area contributed by atoms with Crippen LogP contribution < -0.4 is 5.32 Å². The van der Waals surface area contributed by atoms with Crippen LogP contribution in [0.3, 0.4) is 0 Å². The largest absolute Gasteiger partial charge is 0.350 e. The minimum Gasteiger partial charge on any atom is -0.350 e. The van der Waals surface area contributed by atoms with Crippen LogP contribution in [0.25, 0.3) is 0 Å². The Hall–Kier alpha value is -0.530. The highest BCUT2D eigenvalue weighted by Gasteiger charge is 2.55. The standard InChI is InChI=1S/C10H17NO/c1-9(2)7-4-5-10(9,3)11-8(12)6-7/h7H,4-6H2,1-3H3,(H,11,12)/t7-,10-/m0/s1. The molecule has 68 valence electrons. The Kier molecular flexibility index (Phi) is 1.37. The zero-order valence-corrected chi connectivity index (χ0v) is 8.11. The van der Waals surface area contributed by atoms with E-state index in [0.29, 0.717) is 11.3 Å². The molecule has 1 N–H and O–H groups in total. The van der Waals surface area contributed by atoms with E-state index in [4.69, 9.17) is 0 Å². The van der Waals surface area contributed by atoms with E-state index in [9.17, 15) is 4.79 Å². The second kappa shape index (κ2) is 2.04. The summed E-state index contributed by atoms with van der Waals surface area (Å²) in [4.78, 5) is 11.3. The first-order valence-corrected chi connectivity index (χ1v) is 4.77. The second-order valence-corrected chi connectivity index (χ2v) is 5.04. The summed E-state index contributed by atoms with van der Waals surface area (Å²) >= 11 is 0. The first kappa shape index (κ1) is 8.09. The first-order chi connectivity index (χ1) is 5.46. The van der Waals surface area contributed by atoms with Gasteiger partial charge in [0.2, 0.25) is 5.91 Å². The molecule has 1 heterocycles. The maximum Gasteiger partial charge on any atom is 0.220 e. The fourth-order valence-corrected chi connectivity index (χ4v) is 2.76. The van der Waals surface area contributed by atoms with Crippen molar-refractivity contribution < 1.29 is 4.79 Å². The third kappa shape index (κ3) is 0.782. The highest BCUT2D eigenvalue weighted by Crippen LogP contribution is 2.53. The Morgan fingerprint density at radius 2 is 2.08 bits per heavy atom. The minimum atomic E-state index is 0.0625. The molecule has 0 unspecified atom stereocenters. The molecule has 1 saturated carbocycles. The highest BCUT2D eigenvalue weighted by molar-refractivity contribution is 5.79. The molecule has 2 rings (SSSR count). The van der Waals surface area contributed by atoms with Crippen LogP contribution in [0.1, 0.15) is 40.0 Å². The van der Waals surface area contributed by atoms with Crippen molar-refractivity contribution in [3.63, 3.8) is 0 Å². The average molecular weight is 167 g/mol. The Balaban J connectivity index is 2.37. The lowest BCUT2D eigenvalue weighted by Gasteiger charge is -2.46. The van der Waals surface area contributed by atoms with Crippen molar-refractivity contribution >= 4 is 5.91 Å². The molecule has 1 saturated heterocycles. The van der Waals surface area contributed by atoms with E-state index in [1.54, 1.807) is 0 Å². The molecule has 0 aromatic carbocycles. The molecular weight excluding hydrogens is 150 g/mol. The maximum atomic E-state index is 11.3. The smallest absolute Gasteiger partial charge is 0.220 e. The van der Waals surface area contributed by atoms with Crippen LogP contribution in [-0.2, 0) is 4.79 Å². The normalized spacial score (nSPS) is 44.2. The Morgan fingerprint density at radius 1 is 1.42 bits per heavy atom.